The zero-order valence-electron chi connectivity index (χ0n) is 14.4. The number of hydrogen-bond donors (Lipinski definition) is 1. The SMILES string of the molecule is CCN(C(=O)CCNCCCc1ccccc1)C1CCS(=O)(=O)C1. The van der Waals surface area contributed by atoms with Crippen molar-refractivity contribution in [3.63, 3.8) is 0 Å². The number of benzene rings is 1. The highest BCUT2D eigenvalue weighted by atomic mass is 32.2. The largest absolute Gasteiger partial charge is 0.339 e. The van der Waals surface area contributed by atoms with Crippen LogP contribution in [-0.2, 0) is 21.1 Å². The summed E-state index contributed by atoms with van der Waals surface area (Å²) in [5.41, 5.74) is 1.33. The van der Waals surface area contributed by atoms with Crippen LogP contribution in [0.15, 0.2) is 30.3 Å². The number of nitrogens with zero attached hydrogens (tertiary/aromatic N) is 1. The van der Waals surface area contributed by atoms with E-state index in [9.17, 15) is 13.2 Å². The van der Waals surface area contributed by atoms with Gasteiger partial charge in [-0.2, -0.15) is 0 Å². The lowest BCUT2D eigenvalue weighted by Gasteiger charge is -2.27. The van der Waals surface area contributed by atoms with Gasteiger partial charge in [0.05, 0.1) is 11.5 Å². The first-order valence-electron chi connectivity index (χ1n) is 8.76. The molecule has 1 aromatic carbocycles. The zero-order chi connectivity index (χ0) is 17.4. The van der Waals surface area contributed by atoms with Crippen LogP contribution >= 0.6 is 0 Å². The van der Waals surface area contributed by atoms with Crippen molar-refractivity contribution in [3.05, 3.63) is 35.9 Å². The smallest absolute Gasteiger partial charge is 0.224 e. The molecule has 1 heterocycles. The molecule has 0 bridgehead atoms. The minimum Gasteiger partial charge on any atom is -0.339 e. The first-order valence-corrected chi connectivity index (χ1v) is 10.6. The summed E-state index contributed by atoms with van der Waals surface area (Å²) in [7, 11) is -2.95. The van der Waals surface area contributed by atoms with Crippen LogP contribution < -0.4 is 5.32 Å². The number of hydrogen-bond acceptors (Lipinski definition) is 4. The third kappa shape index (κ3) is 5.91. The Hall–Kier alpha value is -1.40. The van der Waals surface area contributed by atoms with Crippen LogP contribution in [0.5, 0.6) is 0 Å². The van der Waals surface area contributed by atoms with Gasteiger partial charge in [-0.1, -0.05) is 30.3 Å². The van der Waals surface area contributed by atoms with Crippen molar-refractivity contribution < 1.29 is 13.2 Å². The molecule has 0 spiro atoms. The molecule has 1 aliphatic heterocycles. The molecule has 0 aliphatic carbocycles. The Morgan fingerprint density at radius 2 is 2.00 bits per heavy atom. The maximum Gasteiger partial charge on any atom is 0.224 e. The maximum absolute atomic E-state index is 12.3. The van der Waals surface area contributed by atoms with Gasteiger partial charge in [0.1, 0.15) is 0 Å². The molecule has 1 aromatic rings. The Labute approximate surface area is 145 Å². The van der Waals surface area contributed by atoms with Gasteiger partial charge in [-0.05, 0) is 38.3 Å². The molecule has 2 rings (SSSR count). The first kappa shape index (κ1) is 18.9. The first-order chi connectivity index (χ1) is 11.5. The fourth-order valence-electron chi connectivity index (χ4n) is 3.19. The molecule has 1 unspecified atom stereocenters. The van der Waals surface area contributed by atoms with Gasteiger partial charge in [-0.3, -0.25) is 4.79 Å². The van der Waals surface area contributed by atoms with E-state index in [4.69, 9.17) is 0 Å². The molecule has 1 atom stereocenters. The van der Waals surface area contributed by atoms with E-state index < -0.39 is 9.84 Å². The van der Waals surface area contributed by atoms with Crippen molar-refractivity contribution in [1.29, 1.82) is 0 Å². The van der Waals surface area contributed by atoms with E-state index in [2.05, 4.69) is 17.4 Å². The molecule has 1 fully saturated rings. The summed E-state index contributed by atoms with van der Waals surface area (Å²) in [6.45, 7) is 4.01. The fourth-order valence-corrected chi connectivity index (χ4v) is 4.92. The van der Waals surface area contributed by atoms with Gasteiger partial charge in [0, 0.05) is 25.6 Å². The van der Waals surface area contributed by atoms with Crippen molar-refractivity contribution in [1.82, 2.24) is 10.2 Å². The van der Waals surface area contributed by atoms with Crippen molar-refractivity contribution in [3.8, 4) is 0 Å². The van der Waals surface area contributed by atoms with Gasteiger partial charge in [-0.25, -0.2) is 8.42 Å². The van der Waals surface area contributed by atoms with Crippen molar-refractivity contribution >= 4 is 15.7 Å². The molecule has 24 heavy (non-hydrogen) atoms. The predicted molar refractivity (Wildman–Crippen MR) is 96.7 cm³/mol. The van der Waals surface area contributed by atoms with Crippen LogP contribution in [0, 0.1) is 0 Å². The summed E-state index contributed by atoms with van der Waals surface area (Å²) in [6.07, 6.45) is 3.07. The van der Waals surface area contributed by atoms with Crippen molar-refractivity contribution in [2.24, 2.45) is 0 Å². The number of aryl methyl sites for hydroxylation is 1. The van der Waals surface area contributed by atoms with E-state index in [0.29, 0.717) is 25.9 Å². The summed E-state index contributed by atoms with van der Waals surface area (Å²) in [6, 6.07) is 10.2. The second-order valence-electron chi connectivity index (χ2n) is 6.33. The topological polar surface area (TPSA) is 66.5 Å². The molecule has 0 radical (unpaired) electrons. The van der Waals surface area contributed by atoms with Crippen LogP contribution in [0.2, 0.25) is 0 Å². The molecular weight excluding hydrogens is 324 g/mol. The molecule has 6 heteroatoms. The van der Waals surface area contributed by atoms with E-state index in [-0.39, 0.29) is 23.5 Å². The summed E-state index contributed by atoms with van der Waals surface area (Å²) >= 11 is 0. The second kappa shape index (κ2) is 9.18. The van der Waals surface area contributed by atoms with E-state index in [0.717, 1.165) is 19.4 Å². The van der Waals surface area contributed by atoms with Gasteiger partial charge >= 0.3 is 0 Å². The zero-order valence-corrected chi connectivity index (χ0v) is 15.2. The quantitative estimate of drug-likeness (QED) is 0.686. The monoisotopic (exact) mass is 352 g/mol. The van der Waals surface area contributed by atoms with E-state index in [1.165, 1.54) is 5.56 Å². The van der Waals surface area contributed by atoms with Gasteiger partial charge < -0.3 is 10.2 Å². The van der Waals surface area contributed by atoms with Crippen LogP contribution in [0.1, 0.15) is 31.7 Å². The molecule has 0 saturated carbocycles. The lowest BCUT2D eigenvalue weighted by molar-refractivity contribution is -0.132. The van der Waals surface area contributed by atoms with Gasteiger partial charge in [-0.15, -0.1) is 0 Å². The highest BCUT2D eigenvalue weighted by Crippen LogP contribution is 2.18. The van der Waals surface area contributed by atoms with Crippen LogP contribution in [0.3, 0.4) is 0 Å². The van der Waals surface area contributed by atoms with Crippen molar-refractivity contribution in [2.45, 2.75) is 38.6 Å². The normalized spacial score (nSPS) is 19.3. The molecule has 1 amide bonds. The summed E-state index contributed by atoms with van der Waals surface area (Å²) in [5.74, 6) is 0.381. The highest BCUT2D eigenvalue weighted by Gasteiger charge is 2.33. The number of amides is 1. The van der Waals surface area contributed by atoms with E-state index in [1.54, 1.807) is 4.90 Å². The number of carbonyl (C=O) groups excluding carboxylic acids is 1. The Morgan fingerprint density at radius 3 is 2.62 bits per heavy atom. The average molecular weight is 353 g/mol. The third-order valence-corrected chi connectivity index (χ3v) is 6.24. The Balaban J connectivity index is 1.63. The number of sulfone groups is 1. The van der Waals surface area contributed by atoms with Gasteiger partial charge in [0.15, 0.2) is 9.84 Å². The lowest BCUT2D eigenvalue weighted by Crippen LogP contribution is -2.42. The Morgan fingerprint density at radius 1 is 1.25 bits per heavy atom. The Kier molecular flexibility index (Phi) is 7.24. The molecule has 5 nitrogen and oxygen atoms in total. The van der Waals surface area contributed by atoms with Crippen LogP contribution in [-0.4, -0.2) is 56.4 Å². The van der Waals surface area contributed by atoms with E-state index >= 15 is 0 Å². The molecular formula is C18H28N2O3S. The standard InChI is InChI=1S/C18H28N2O3S/c1-2-20(17-11-14-24(22,23)15-17)18(21)10-13-19-12-6-9-16-7-4-3-5-8-16/h3-5,7-8,17,19H,2,6,9-15H2,1H3. The average Bonchev–Trinajstić information content (AvgIpc) is 2.92. The fraction of sp³-hybridized carbons (Fsp3) is 0.611. The molecule has 0 aromatic heterocycles. The van der Waals surface area contributed by atoms with Crippen molar-refractivity contribution in [2.75, 3.05) is 31.1 Å². The lowest BCUT2D eigenvalue weighted by atomic mass is 10.1. The van der Waals surface area contributed by atoms with Gasteiger partial charge in [0.25, 0.3) is 0 Å². The summed E-state index contributed by atoms with van der Waals surface area (Å²) < 4.78 is 23.2. The molecule has 1 N–H and O–H groups in total. The molecule has 1 aliphatic rings. The minimum absolute atomic E-state index is 0.0511. The second-order valence-corrected chi connectivity index (χ2v) is 8.55. The maximum atomic E-state index is 12.3. The third-order valence-electron chi connectivity index (χ3n) is 4.49. The van der Waals surface area contributed by atoms with Gasteiger partial charge in [0.2, 0.25) is 5.91 Å². The Bertz CT molecular complexity index is 616. The highest BCUT2D eigenvalue weighted by molar-refractivity contribution is 7.91. The minimum atomic E-state index is -2.95. The predicted octanol–water partition coefficient (Wildman–Crippen LogP) is 1.63. The number of rotatable bonds is 9. The number of nitrogens with one attached hydrogen (secondary N) is 1. The van der Waals surface area contributed by atoms with Crippen LogP contribution in [0.4, 0.5) is 0 Å². The van der Waals surface area contributed by atoms with E-state index in [1.807, 2.05) is 25.1 Å². The molecule has 134 valence electrons. The van der Waals surface area contributed by atoms with Crippen LogP contribution in [0.25, 0.3) is 0 Å². The molecule has 1 saturated heterocycles. The summed E-state index contributed by atoms with van der Waals surface area (Å²) in [5, 5.41) is 3.31. The summed E-state index contributed by atoms with van der Waals surface area (Å²) in [4.78, 5) is 14.0. The number of carbonyl (C=O) groups is 1.